The number of aliphatic hydroxyl groups excluding tert-OH is 1. The number of rotatable bonds is 12. The van der Waals surface area contributed by atoms with E-state index in [-0.39, 0.29) is 12.6 Å². The molecule has 3 rings (SSSR count). The first-order valence-electron chi connectivity index (χ1n) is 10.1. The van der Waals surface area contributed by atoms with Gasteiger partial charge in [-0.1, -0.05) is 12.1 Å². The lowest BCUT2D eigenvalue weighted by molar-refractivity contribution is 0.0727. The molecule has 2 aromatic carbocycles. The summed E-state index contributed by atoms with van der Waals surface area (Å²) < 4.78 is 31.8. The molecule has 8 nitrogen and oxygen atoms in total. The molecule has 2 N–H and O–H groups in total. The van der Waals surface area contributed by atoms with E-state index in [1.54, 1.807) is 18.2 Å². The van der Waals surface area contributed by atoms with Gasteiger partial charge in [-0.15, -0.1) is 5.10 Å². The van der Waals surface area contributed by atoms with Gasteiger partial charge in [0.05, 0.1) is 30.6 Å². The van der Waals surface area contributed by atoms with Gasteiger partial charge in [-0.3, -0.25) is 0 Å². The van der Waals surface area contributed by atoms with Gasteiger partial charge >= 0.3 is 6.01 Å². The molecular formula is C22H27FN4O4. The van der Waals surface area contributed by atoms with Crippen molar-refractivity contribution in [1.29, 1.82) is 0 Å². The van der Waals surface area contributed by atoms with Crippen LogP contribution in [0.4, 0.5) is 10.1 Å². The Morgan fingerprint density at radius 1 is 1.13 bits per heavy atom. The maximum atomic E-state index is 14.4. The number of nitrogens with one attached hydrogen (secondary N) is 1. The lowest BCUT2D eigenvalue weighted by Gasteiger charge is -2.12. The summed E-state index contributed by atoms with van der Waals surface area (Å²) >= 11 is 0. The third kappa shape index (κ3) is 6.24. The Morgan fingerprint density at radius 3 is 2.61 bits per heavy atom. The van der Waals surface area contributed by atoms with Crippen molar-refractivity contribution in [3.05, 3.63) is 54.3 Å². The van der Waals surface area contributed by atoms with E-state index < -0.39 is 11.9 Å². The van der Waals surface area contributed by atoms with Crippen molar-refractivity contribution in [2.24, 2.45) is 0 Å². The van der Waals surface area contributed by atoms with E-state index in [0.717, 1.165) is 5.69 Å². The summed E-state index contributed by atoms with van der Waals surface area (Å²) in [5.74, 6) is -0.0665. The first-order valence-corrected chi connectivity index (χ1v) is 10.1. The van der Waals surface area contributed by atoms with E-state index in [0.29, 0.717) is 43.4 Å². The molecule has 0 saturated carbocycles. The Balaban J connectivity index is 1.83. The number of nitrogens with zero attached hydrogens (tertiary/aromatic N) is 3. The smallest absolute Gasteiger partial charge is 0.336 e. The number of aromatic nitrogens is 3. The molecule has 0 spiro atoms. The fourth-order valence-corrected chi connectivity index (χ4v) is 2.89. The molecule has 1 atom stereocenters. The third-order valence-electron chi connectivity index (χ3n) is 4.38. The highest BCUT2D eigenvalue weighted by molar-refractivity contribution is 5.60. The van der Waals surface area contributed by atoms with Crippen LogP contribution in [0.3, 0.4) is 0 Å². The second kappa shape index (κ2) is 11.4. The molecule has 166 valence electrons. The van der Waals surface area contributed by atoms with Gasteiger partial charge in [-0.2, -0.15) is 4.98 Å². The van der Waals surface area contributed by atoms with E-state index in [1.165, 1.54) is 17.9 Å². The standard InChI is InChI=1S/C22H27FN4O4/c1-3-30-12-13-31-22-25-21(19-6-4-5-7-20(19)23)27(26-22)17-10-8-16(9-11-17)24-14-18(28)15-29-2/h4-11,18,24,28H,3,12-15H2,1-2H3/t18-/m1/s1. The molecule has 0 amide bonds. The fraction of sp³-hybridized carbons (Fsp3) is 0.364. The summed E-state index contributed by atoms with van der Waals surface area (Å²) in [7, 11) is 1.54. The number of anilines is 1. The van der Waals surface area contributed by atoms with Crippen molar-refractivity contribution < 1.29 is 23.7 Å². The molecule has 9 heteroatoms. The van der Waals surface area contributed by atoms with Crippen LogP contribution in [0.25, 0.3) is 17.1 Å². The van der Waals surface area contributed by atoms with Crippen LogP contribution in [0, 0.1) is 5.82 Å². The highest BCUT2D eigenvalue weighted by Crippen LogP contribution is 2.26. The Bertz CT molecular complexity index is 949. The number of hydrogen-bond donors (Lipinski definition) is 2. The number of halogens is 1. The molecule has 31 heavy (non-hydrogen) atoms. The molecule has 0 aliphatic carbocycles. The summed E-state index contributed by atoms with van der Waals surface area (Å²) in [6.45, 7) is 3.81. The quantitative estimate of drug-likeness (QED) is 0.427. The Labute approximate surface area is 180 Å². The van der Waals surface area contributed by atoms with Crippen LogP contribution in [0.2, 0.25) is 0 Å². The predicted molar refractivity (Wildman–Crippen MR) is 115 cm³/mol. The average molecular weight is 430 g/mol. The van der Waals surface area contributed by atoms with Gasteiger partial charge < -0.3 is 24.6 Å². The molecule has 0 bridgehead atoms. The zero-order valence-corrected chi connectivity index (χ0v) is 17.6. The van der Waals surface area contributed by atoms with Gasteiger partial charge in [0.25, 0.3) is 0 Å². The molecule has 0 radical (unpaired) electrons. The Hall–Kier alpha value is -3.01. The molecule has 0 saturated heterocycles. The number of aliphatic hydroxyl groups is 1. The number of hydrogen-bond acceptors (Lipinski definition) is 7. The van der Waals surface area contributed by atoms with E-state index in [9.17, 15) is 9.50 Å². The minimum atomic E-state index is -0.607. The van der Waals surface area contributed by atoms with Crippen LogP contribution >= 0.6 is 0 Å². The maximum Gasteiger partial charge on any atom is 0.336 e. The van der Waals surface area contributed by atoms with E-state index in [2.05, 4.69) is 15.4 Å². The Kier molecular flexibility index (Phi) is 8.34. The van der Waals surface area contributed by atoms with E-state index in [1.807, 2.05) is 31.2 Å². The minimum Gasteiger partial charge on any atom is -0.460 e. The van der Waals surface area contributed by atoms with Crippen molar-refractivity contribution in [2.45, 2.75) is 13.0 Å². The highest BCUT2D eigenvalue weighted by atomic mass is 19.1. The molecule has 1 aromatic heterocycles. The summed E-state index contributed by atoms with van der Waals surface area (Å²) in [6, 6.07) is 13.9. The molecule has 0 unspecified atom stereocenters. The first kappa shape index (κ1) is 22.7. The summed E-state index contributed by atoms with van der Waals surface area (Å²) in [5, 5.41) is 17.3. The van der Waals surface area contributed by atoms with Gasteiger partial charge in [0, 0.05) is 25.9 Å². The van der Waals surface area contributed by atoms with Gasteiger partial charge in [0.1, 0.15) is 12.4 Å². The van der Waals surface area contributed by atoms with Gasteiger partial charge in [-0.25, -0.2) is 9.07 Å². The Morgan fingerprint density at radius 2 is 1.90 bits per heavy atom. The number of methoxy groups -OCH3 is 1. The van der Waals surface area contributed by atoms with Crippen molar-refractivity contribution in [3.8, 4) is 23.1 Å². The minimum absolute atomic E-state index is 0.142. The highest BCUT2D eigenvalue weighted by Gasteiger charge is 2.17. The molecular weight excluding hydrogens is 403 g/mol. The third-order valence-corrected chi connectivity index (χ3v) is 4.38. The second-order valence-electron chi connectivity index (χ2n) is 6.69. The lowest BCUT2D eigenvalue weighted by atomic mass is 10.2. The SMILES string of the molecule is CCOCCOc1nc(-c2ccccc2F)n(-c2ccc(NC[C@@H](O)COC)cc2)n1. The fourth-order valence-electron chi connectivity index (χ4n) is 2.89. The van der Waals surface area contributed by atoms with E-state index >= 15 is 0 Å². The van der Waals surface area contributed by atoms with Crippen molar-refractivity contribution >= 4 is 5.69 Å². The molecule has 0 aliphatic rings. The topological polar surface area (TPSA) is 90.7 Å². The zero-order chi connectivity index (χ0) is 22.1. The number of benzene rings is 2. The van der Waals surface area contributed by atoms with Crippen LogP contribution in [-0.2, 0) is 9.47 Å². The van der Waals surface area contributed by atoms with Gasteiger partial charge in [-0.05, 0) is 43.3 Å². The van der Waals surface area contributed by atoms with Gasteiger partial charge in [0.15, 0.2) is 5.82 Å². The van der Waals surface area contributed by atoms with Crippen LogP contribution in [0.5, 0.6) is 6.01 Å². The molecule has 0 fully saturated rings. The zero-order valence-electron chi connectivity index (χ0n) is 17.6. The molecule has 0 aliphatic heterocycles. The molecule has 1 heterocycles. The predicted octanol–water partition coefficient (Wildman–Crippen LogP) is 2.91. The summed E-state index contributed by atoms with van der Waals surface area (Å²) in [5.41, 5.74) is 1.83. The monoisotopic (exact) mass is 430 g/mol. The van der Waals surface area contributed by atoms with Crippen molar-refractivity contribution in [2.75, 3.05) is 45.4 Å². The van der Waals surface area contributed by atoms with Crippen molar-refractivity contribution in [1.82, 2.24) is 14.8 Å². The molecule has 3 aromatic rings. The van der Waals surface area contributed by atoms with Crippen LogP contribution in [0.1, 0.15) is 6.92 Å². The normalized spacial score (nSPS) is 12.0. The second-order valence-corrected chi connectivity index (χ2v) is 6.69. The van der Waals surface area contributed by atoms with Gasteiger partial charge in [0.2, 0.25) is 0 Å². The average Bonchev–Trinajstić information content (AvgIpc) is 3.20. The largest absolute Gasteiger partial charge is 0.460 e. The van der Waals surface area contributed by atoms with Crippen LogP contribution < -0.4 is 10.1 Å². The van der Waals surface area contributed by atoms with E-state index in [4.69, 9.17) is 14.2 Å². The first-order chi connectivity index (χ1) is 15.1. The van der Waals surface area contributed by atoms with Crippen LogP contribution in [-0.4, -0.2) is 66.1 Å². The summed E-state index contributed by atoms with van der Waals surface area (Å²) in [6.07, 6.45) is -0.607. The lowest BCUT2D eigenvalue weighted by Crippen LogP contribution is -2.24. The van der Waals surface area contributed by atoms with Crippen molar-refractivity contribution in [3.63, 3.8) is 0 Å². The summed E-state index contributed by atoms with van der Waals surface area (Å²) in [4.78, 5) is 4.39. The maximum absolute atomic E-state index is 14.4. The number of ether oxygens (including phenoxy) is 3. The van der Waals surface area contributed by atoms with Crippen LogP contribution in [0.15, 0.2) is 48.5 Å².